The Labute approximate surface area is 92.1 Å². The van der Waals surface area contributed by atoms with Crippen molar-refractivity contribution in [1.82, 2.24) is 0 Å². The highest BCUT2D eigenvalue weighted by Gasteiger charge is 2.18. The molecule has 0 heterocycles. The van der Waals surface area contributed by atoms with Gasteiger partial charge in [0.2, 0.25) is 0 Å². The molecule has 0 saturated heterocycles. The molecule has 0 aliphatic carbocycles. The van der Waals surface area contributed by atoms with Crippen LogP contribution in [0.15, 0.2) is 12.1 Å². The number of rotatable bonds is 4. The first-order valence-corrected chi connectivity index (χ1v) is 4.96. The van der Waals surface area contributed by atoms with Gasteiger partial charge in [0.05, 0.1) is 11.3 Å². The summed E-state index contributed by atoms with van der Waals surface area (Å²) in [4.78, 5) is 0. The lowest BCUT2D eigenvalue weighted by molar-refractivity contribution is 0.0697. The van der Waals surface area contributed by atoms with Crippen molar-refractivity contribution < 1.29 is 18.3 Å². The summed E-state index contributed by atoms with van der Waals surface area (Å²) in [5.41, 5.74) is -1.18. The Morgan fingerprint density at radius 2 is 1.75 bits per heavy atom. The maximum Gasteiger partial charge on any atom is 0.161 e. The number of anilines is 1. The second kappa shape index (κ2) is 4.74. The molecule has 1 atom stereocenters. The van der Waals surface area contributed by atoms with E-state index in [0.29, 0.717) is 12.5 Å². The Bertz CT molecular complexity index is 380. The summed E-state index contributed by atoms with van der Waals surface area (Å²) in [6.45, 7) is 3.40. The van der Waals surface area contributed by atoms with E-state index in [1.165, 1.54) is 0 Å². The summed E-state index contributed by atoms with van der Waals surface area (Å²) in [5.74, 6) is -3.24. The lowest BCUT2D eigenvalue weighted by atomic mass is 10.0. The molecule has 0 fully saturated rings. The molecule has 0 aliphatic heterocycles. The van der Waals surface area contributed by atoms with Crippen molar-refractivity contribution in [3.8, 4) is 0 Å². The Morgan fingerprint density at radius 3 is 2.31 bits per heavy atom. The minimum absolute atomic E-state index is 0.0610. The molecule has 5 heteroatoms. The van der Waals surface area contributed by atoms with Gasteiger partial charge >= 0.3 is 0 Å². The van der Waals surface area contributed by atoms with Crippen LogP contribution in [0.25, 0.3) is 0 Å². The molecule has 0 bridgehead atoms. The van der Waals surface area contributed by atoms with Crippen LogP contribution in [-0.2, 0) is 0 Å². The molecule has 2 nitrogen and oxygen atoms in total. The van der Waals surface area contributed by atoms with Crippen LogP contribution in [0.5, 0.6) is 0 Å². The number of benzene rings is 1. The molecular weight excluding hydrogens is 219 g/mol. The highest BCUT2D eigenvalue weighted by Crippen LogP contribution is 2.19. The zero-order chi connectivity index (χ0) is 12.3. The molecule has 2 N–H and O–H groups in total. The molecule has 0 spiro atoms. The van der Waals surface area contributed by atoms with Crippen LogP contribution in [0, 0.1) is 17.5 Å². The quantitative estimate of drug-likeness (QED) is 0.784. The van der Waals surface area contributed by atoms with Crippen LogP contribution in [0.4, 0.5) is 18.9 Å². The highest BCUT2D eigenvalue weighted by atomic mass is 19.2. The first-order valence-electron chi connectivity index (χ1n) is 4.96. The number of halogens is 3. The largest absolute Gasteiger partial charge is 0.388 e. The van der Waals surface area contributed by atoms with Gasteiger partial charge in [-0.25, -0.2) is 13.2 Å². The summed E-state index contributed by atoms with van der Waals surface area (Å²) < 4.78 is 38.6. The van der Waals surface area contributed by atoms with Crippen LogP contribution in [0.3, 0.4) is 0 Å². The number of hydrogen-bond acceptors (Lipinski definition) is 2. The maximum atomic E-state index is 13.2. The molecule has 0 aliphatic rings. The molecule has 1 unspecified atom stereocenters. The average molecular weight is 233 g/mol. The predicted octanol–water partition coefficient (Wildman–Crippen LogP) is 2.68. The fourth-order valence-corrected chi connectivity index (χ4v) is 1.07. The van der Waals surface area contributed by atoms with Crippen molar-refractivity contribution in [2.24, 2.45) is 0 Å². The van der Waals surface area contributed by atoms with Crippen molar-refractivity contribution in [1.29, 1.82) is 0 Å². The Hall–Kier alpha value is -1.23. The second-order valence-electron chi connectivity index (χ2n) is 3.95. The van der Waals surface area contributed by atoms with Crippen molar-refractivity contribution in [2.75, 3.05) is 11.9 Å². The SMILES string of the molecule is CCC(C)(O)CNc1cc(F)c(F)cc1F. The normalized spacial score (nSPS) is 14.6. The molecule has 0 radical (unpaired) electrons. The zero-order valence-corrected chi connectivity index (χ0v) is 9.15. The summed E-state index contributed by atoms with van der Waals surface area (Å²) in [6.07, 6.45) is 0.464. The van der Waals surface area contributed by atoms with E-state index < -0.39 is 23.1 Å². The van der Waals surface area contributed by atoms with Crippen molar-refractivity contribution in [3.05, 3.63) is 29.6 Å². The van der Waals surface area contributed by atoms with Crippen LogP contribution in [0.1, 0.15) is 20.3 Å². The smallest absolute Gasteiger partial charge is 0.161 e. The van der Waals surface area contributed by atoms with Crippen molar-refractivity contribution >= 4 is 5.69 Å². The third-order valence-electron chi connectivity index (χ3n) is 2.43. The van der Waals surface area contributed by atoms with Gasteiger partial charge in [-0.15, -0.1) is 0 Å². The van der Waals surface area contributed by atoms with Gasteiger partial charge in [-0.2, -0.15) is 0 Å². The second-order valence-corrected chi connectivity index (χ2v) is 3.95. The molecule has 1 rings (SSSR count). The van der Waals surface area contributed by atoms with Crippen LogP contribution in [-0.4, -0.2) is 17.3 Å². The Kier molecular flexibility index (Phi) is 3.80. The molecule has 0 amide bonds. The topological polar surface area (TPSA) is 32.3 Å². The molecule has 90 valence electrons. The minimum Gasteiger partial charge on any atom is -0.388 e. The standard InChI is InChI=1S/C11H14F3NO/c1-3-11(2,16)6-15-10-5-8(13)7(12)4-9(10)14/h4-5,15-16H,3,6H2,1-2H3. The molecule has 0 aromatic heterocycles. The third-order valence-corrected chi connectivity index (χ3v) is 2.43. The zero-order valence-electron chi connectivity index (χ0n) is 9.15. The fourth-order valence-electron chi connectivity index (χ4n) is 1.07. The lowest BCUT2D eigenvalue weighted by Crippen LogP contribution is -2.32. The van der Waals surface area contributed by atoms with E-state index in [-0.39, 0.29) is 12.2 Å². The van der Waals surface area contributed by atoms with Gasteiger partial charge < -0.3 is 10.4 Å². The lowest BCUT2D eigenvalue weighted by Gasteiger charge is -2.22. The van der Waals surface area contributed by atoms with E-state index in [1.54, 1.807) is 13.8 Å². The van der Waals surface area contributed by atoms with Crippen LogP contribution < -0.4 is 5.32 Å². The Balaban J connectivity index is 2.79. The van der Waals surface area contributed by atoms with E-state index in [1.807, 2.05) is 0 Å². The van der Waals surface area contributed by atoms with Gasteiger partial charge in [0, 0.05) is 18.7 Å². The number of hydrogen-bond donors (Lipinski definition) is 2. The summed E-state index contributed by atoms with van der Waals surface area (Å²) in [6, 6.07) is 1.20. The molecule has 1 aromatic carbocycles. The summed E-state index contributed by atoms with van der Waals surface area (Å²) in [5, 5.41) is 12.2. The van der Waals surface area contributed by atoms with Crippen LogP contribution >= 0.6 is 0 Å². The van der Waals surface area contributed by atoms with Gasteiger partial charge in [0.25, 0.3) is 0 Å². The summed E-state index contributed by atoms with van der Waals surface area (Å²) in [7, 11) is 0. The van der Waals surface area contributed by atoms with E-state index in [2.05, 4.69) is 5.32 Å². The maximum absolute atomic E-state index is 13.2. The minimum atomic E-state index is -1.23. The van der Waals surface area contributed by atoms with Gasteiger partial charge in [-0.1, -0.05) is 6.92 Å². The average Bonchev–Trinajstić information content (AvgIpc) is 2.22. The Morgan fingerprint density at radius 1 is 1.19 bits per heavy atom. The van der Waals surface area contributed by atoms with E-state index in [4.69, 9.17) is 0 Å². The van der Waals surface area contributed by atoms with Crippen molar-refractivity contribution in [3.63, 3.8) is 0 Å². The van der Waals surface area contributed by atoms with Gasteiger partial charge in [0.1, 0.15) is 5.82 Å². The fraction of sp³-hybridized carbons (Fsp3) is 0.455. The monoisotopic (exact) mass is 233 g/mol. The summed E-state index contributed by atoms with van der Waals surface area (Å²) >= 11 is 0. The van der Waals surface area contributed by atoms with Gasteiger partial charge in [-0.05, 0) is 13.3 Å². The van der Waals surface area contributed by atoms with Crippen LogP contribution in [0.2, 0.25) is 0 Å². The molecule has 1 aromatic rings. The third kappa shape index (κ3) is 3.13. The number of nitrogens with one attached hydrogen (secondary N) is 1. The van der Waals surface area contributed by atoms with E-state index in [9.17, 15) is 18.3 Å². The first kappa shape index (κ1) is 12.8. The molecule has 0 saturated carbocycles. The van der Waals surface area contributed by atoms with Gasteiger partial charge in [-0.3, -0.25) is 0 Å². The van der Waals surface area contributed by atoms with E-state index >= 15 is 0 Å². The van der Waals surface area contributed by atoms with E-state index in [0.717, 1.165) is 6.07 Å². The first-order chi connectivity index (χ1) is 7.35. The predicted molar refractivity (Wildman–Crippen MR) is 55.7 cm³/mol. The highest BCUT2D eigenvalue weighted by molar-refractivity contribution is 5.45. The molecular formula is C11H14F3NO. The molecule has 16 heavy (non-hydrogen) atoms. The van der Waals surface area contributed by atoms with Gasteiger partial charge in [0.15, 0.2) is 11.6 Å². The van der Waals surface area contributed by atoms with Crippen molar-refractivity contribution in [2.45, 2.75) is 25.9 Å². The number of aliphatic hydroxyl groups is 1.